The molecule has 2 amide bonds. The van der Waals surface area contributed by atoms with Crippen LogP contribution in [0.1, 0.15) is 38.3 Å². The lowest BCUT2D eigenvalue weighted by Crippen LogP contribution is -2.44. The number of likely N-dealkylation sites (N-methyl/N-ethyl adjacent to an activating group) is 2. The molecule has 0 fully saturated rings. The fourth-order valence-electron chi connectivity index (χ4n) is 3.80. The molecule has 0 spiro atoms. The zero-order valence-corrected chi connectivity index (χ0v) is 21.5. The number of Topliss-reactive ketones (excluding diaryl/α,β-unsaturated/α-hetero) is 1. The lowest BCUT2D eigenvalue weighted by Gasteiger charge is -2.26. The smallest absolute Gasteiger partial charge is 0.239 e. The molecule has 0 aliphatic carbocycles. The number of benzene rings is 2. The van der Waals surface area contributed by atoms with E-state index in [1.54, 1.807) is 38.4 Å². The number of aromatic hydroxyl groups is 1. The molecule has 2 aromatic carbocycles. The molecule has 0 aliphatic heterocycles. The molecule has 7 heteroatoms. The van der Waals surface area contributed by atoms with Crippen LogP contribution in [-0.4, -0.2) is 60.8 Å². The molecule has 0 aromatic heterocycles. The van der Waals surface area contributed by atoms with Gasteiger partial charge in [-0.05, 0) is 48.6 Å². The van der Waals surface area contributed by atoms with Crippen LogP contribution in [0.25, 0.3) is 0 Å². The van der Waals surface area contributed by atoms with Gasteiger partial charge in [0.1, 0.15) is 5.75 Å². The predicted molar refractivity (Wildman–Crippen MR) is 138 cm³/mol. The summed E-state index contributed by atoms with van der Waals surface area (Å²) in [6.07, 6.45) is 0.924. The van der Waals surface area contributed by atoms with E-state index in [0.717, 1.165) is 11.1 Å². The SMILES string of the molecule is CN[C@@H](Cc1ccc(O)cc1)C(=O)C[C@H](Cc1ccccc1)C(=O)N(C)CC(=O)NCC(C)(C)C. The molecular formula is C28H39N3O4. The fourth-order valence-corrected chi connectivity index (χ4v) is 3.80. The van der Waals surface area contributed by atoms with Gasteiger partial charge in [0.15, 0.2) is 5.78 Å². The number of carbonyl (C=O) groups is 3. The van der Waals surface area contributed by atoms with Crippen LogP contribution in [0.4, 0.5) is 0 Å². The summed E-state index contributed by atoms with van der Waals surface area (Å²) in [5.74, 6) is -0.931. The molecule has 3 N–H and O–H groups in total. The molecule has 2 atom stereocenters. The molecule has 35 heavy (non-hydrogen) atoms. The van der Waals surface area contributed by atoms with Crippen LogP contribution >= 0.6 is 0 Å². The van der Waals surface area contributed by atoms with Crippen molar-refractivity contribution in [1.82, 2.24) is 15.5 Å². The summed E-state index contributed by atoms with van der Waals surface area (Å²) in [6, 6.07) is 15.9. The van der Waals surface area contributed by atoms with E-state index in [0.29, 0.717) is 19.4 Å². The van der Waals surface area contributed by atoms with Crippen molar-refractivity contribution in [2.24, 2.45) is 11.3 Å². The van der Waals surface area contributed by atoms with Gasteiger partial charge >= 0.3 is 0 Å². The second-order valence-corrected chi connectivity index (χ2v) is 10.3. The summed E-state index contributed by atoms with van der Waals surface area (Å²) in [4.78, 5) is 40.4. The molecule has 0 saturated carbocycles. The van der Waals surface area contributed by atoms with Crippen LogP contribution in [0, 0.1) is 11.3 Å². The van der Waals surface area contributed by atoms with Crippen molar-refractivity contribution in [3.05, 3.63) is 65.7 Å². The second kappa shape index (κ2) is 13.0. The van der Waals surface area contributed by atoms with E-state index in [2.05, 4.69) is 10.6 Å². The first-order valence-corrected chi connectivity index (χ1v) is 12.0. The third-order valence-corrected chi connectivity index (χ3v) is 5.81. The van der Waals surface area contributed by atoms with Crippen LogP contribution in [0.5, 0.6) is 5.75 Å². The van der Waals surface area contributed by atoms with E-state index >= 15 is 0 Å². The van der Waals surface area contributed by atoms with Gasteiger partial charge in [0.25, 0.3) is 0 Å². The van der Waals surface area contributed by atoms with Crippen molar-refractivity contribution >= 4 is 17.6 Å². The lowest BCUT2D eigenvalue weighted by molar-refractivity contribution is -0.140. The van der Waals surface area contributed by atoms with Crippen LogP contribution in [0.15, 0.2) is 54.6 Å². The van der Waals surface area contributed by atoms with E-state index < -0.39 is 12.0 Å². The molecule has 0 saturated heterocycles. The number of rotatable bonds is 12. The number of carbonyl (C=O) groups excluding carboxylic acids is 3. The Morgan fingerprint density at radius 3 is 2.11 bits per heavy atom. The Bertz CT molecular complexity index is 968. The normalized spacial score (nSPS) is 13.1. The molecule has 0 aliphatic rings. The standard InChI is InChI=1S/C28H39N3O4/c1-28(2,3)19-30-26(34)18-31(5)27(35)22(15-20-9-7-6-8-10-20)17-25(33)24(29-4)16-21-11-13-23(32)14-12-21/h6-14,22,24,29,32H,15-19H2,1-5H3,(H,30,34)/t22-,24-/m0/s1. The number of nitrogens with one attached hydrogen (secondary N) is 2. The number of nitrogens with zero attached hydrogens (tertiary/aromatic N) is 1. The lowest BCUT2D eigenvalue weighted by atomic mass is 9.89. The summed E-state index contributed by atoms with van der Waals surface area (Å²) in [5.41, 5.74) is 1.82. The molecule has 0 radical (unpaired) electrons. The van der Waals surface area contributed by atoms with Crippen molar-refractivity contribution in [3.63, 3.8) is 0 Å². The van der Waals surface area contributed by atoms with Crippen molar-refractivity contribution < 1.29 is 19.5 Å². The number of ketones is 1. The third kappa shape index (κ3) is 9.91. The van der Waals surface area contributed by atoms with E-state index in [1.165, 1.54) is 4.90 Å². The summed E-state index contributed by atoms with van der Waals surface area (Å²) >= 11 is 0. The van der Waals surface area contributed by atoms with Gasteiger partial charge in [-0.1, -0.05) is 63.2 Å². The monoisotopic (exact) mass is 481 g/mol. The van der Waals surface area contributed by atoms with Crippen LogP contribution < -0.4 is 10.6 Å². The maximum atomic E-state index is 13.4. The number of hydrogen-bond donors (Lipinski definition) is 3. The van der Waals surface area contributed by atoms with E-state index in [4.69, 9.17) is 0 Å². The highest BCUT2D eigenvalue weighted by Crippen LogP contribution is 2.19. The van der Waals surface area contributed by atoms with Crippen molar-refractivity contribution in [2.45, 2.75) is 46.1 Å². The summed E-state index contributed by atoms with van der Waals surface area (Å²) in [6.45, 7) is 6.54. The van der Waals surface area contributed by atoms with E-state index in [9.17, 15) is 19.5 Å². The molecule has 2 aromatic rings. The van der Waals surface area contributed by atoms with Gasteiger partial charge in [-0.15, -0.1) is 0 Å². The molecule has 7 nitrogen and oxygen atoms in total. The molecule has 2 rings (SSSR count). The first-order chi connectivity index (χ1) is 16.5. The Kier molecular flexibility index (Phi) is 10.5. The highest BCUT2D eigenvalue weighted by atomic mass is 16.3. The van der Waals surface area contributed by atoms with E-state index in [-0.39, 0.29) is 41.7 Å². The fraction of sp³-hybridized carbons (Fsp3) is 0.464. The van der Waals surface area contributed by atoms with Crippen LogP contribution in [0.3, 0.4) is 0 Å². The first kappa shape index (κ1) is 28.1. The summed E-state index contributed by atoms with van der Waals surface area (Å²) in [5, 5.41) is 15.4. The summed E-state index contributed by atoms with van der Waals surface area (Å²) in [7, 11) is 3.33. The van der Waals surface area contributed by atoms with Gasteiger partial charge < -0.3 is 20.6 Å². The maximum absolute atomic E-state index is 13.4. The first-order valence-electron chi connectivity index (χ1n) is 12.0. The predicted octanol–water partition coefficient (Wildman–Crippen LogP) is 2.96. The number of phenolic OH excluding ortho intramolecular Hbond substituents is 1. The van der Waals surface area contributed by atoms with Gasteiger partial charge in [-0.25, -0.2) is 0 Å². The second-order valence-electron chi connectivity index (χ2n) is 10.3. The molecule has 0 unspecified atom stereocenters. The van der Waals surface area contributed by atoms with Crippen LogP contribution in [-0.2, 0) is 27.2 Å². The number of hydrogen-bond acceptors (Lipinski definition) is 5. The Hall–Kier alpha value is -3.19. The minimum absolute atomic E-state index is 0.0554. The molecule has 190 valence electrons. The van der Waals surface area contributed by atoms with Gasteiger partial charge in [0, 0.05) is 25.9 Å². The van der Waals surface area contributed by atoms with Crippen LogP contribution in [0.2, 0.25) is 0 Å². The average molecular weight is 482 g/mol. The molecule has 0 bridgehead atoms. The van der Waals surface area contributed by atoms with Gasteiger partial charge in [-0.3, -0.25) is 14.4 Å². The summed E-state index contributed by atoms with van der Waals surface area (Å²) < 4.78 is 0. The molecule has 0 heterocycles. The topological polar surface area (TPSA) is 98.7 Å². The zero-order chi connectivity index (χ0) is 26.0. The largest absolute Gasteiger partial charge is 0.508 e. The third-order valence-electron chi connectivity index (χ3n) is 5.81. The maximum Gasteiger partial charge on any atom is 0.239 e. The zero-order valence-electron chi connectivity index (χ0n) is 21.5. The Balaban J connectivity index is 2.11. The highest BCUT2D eigenvalue weighted by molar-refractivity contribution is 5.91. The van der Waals surface area contributed by atoms with Crippen molar-refractivity contribution in [3.8, 4) is 5.75 Å². The Morgan fingerprint density at radius 2 is 1.54 bits per heavy atom. The van der Waals surface area contributed by atoms with Gasteiger partial charge in [0.2, 0.25) is 11.8 Å². The van der Waals surface area contributed by atoms with Crippen molar-refractivity contribution in [1.29, 1.82) is 0 Å². The highest BCUT2D eigenvalue weighted by Gasteiger charge is 2.29. The van der Waals surface area contributed by atoms with Crippen molar-refractivity contribution in [2.75, 3.05) is 27.2 Å². The number of amides is 2. The Morgan fingerprint density at radius 1 is 0.943 bits per heavy atom. The molecular weight excluding hydrogens is 442 g/mol. The number of phenols is 1. The minimum Gasteiger partial charge on any atom is -0.508 e. The Labute approximate surface area is 208 Å². The van der Waals surface area contributed by atoms with E-state index in [1.807, 2.05) is 51.1 Å². The van der Waals surface area contributed by atoms with Gasteiger partial charge in [-0.2, -0.15) is 0 Å². The minimum atomic E-state index is -0.582. The average Bonchev–Trinajstić information content (AvgIpc) is 2.81. The quantitative estimate of drug-likeness (QED) is 0.433. The van der Waals surface area contributed by atoms with Gasteiger partial charge in [0.05, 0.1) is 12.6 Å².